The molecule has 0 saturated carbocycles. The van der Waals surface area contributed by atoms with Crippen LogP contribution >= 0.6 is 11.6 Å². The zero-order chi connectivity index (χ0) is 13.4. The molecular formula is C14H22ClNO2. The molecule has 1 atom stereocenters. The van der Waals surface area contributed by atoms with Gasteiger partial charge in [0.15, 0.2) is 0 Å². The Balaban J connectivity index is 2.11. The van der Waals surface area contributed by atoms with Crippen LogP contribution in [-0.4, -0.2) is 30.9 Å². The molecule has 1 aromatic rings. The van der Waals surface area contributed by atoms with E-state index in [1.54, 1.807) is 0 Å². The standard InChI is InChI=1S/C14H22ClNO2/c1-11(2)7-16-8-14(17)10-18-9-12-3-5-13(15)6-4-12/h3-6,11,14,16-17H,7-10H2,1-2H3. The third-order valence-corrected chi connectivity index (χ3v) is 2.68. The molecule has 2 N–H and O–H groups in total. The van der Waals surface area contributed by atoms with Crippen LogP contribution in [0.2, 0.25) is 5.02 Å². The van der Waals surface area contributed by atoms with Crippen molar-refractivity contribution < 1.29 is 9.84 Å². The summed E-state index contributed by atoms with van der Waals surface area (Å²) in [6.07, 6.45) is -0.462. The van der Waals surface area contributed by atoms with Gasteiger partial charge in [-0.15, -0.1) is 0 Å². The minimum absolute atomic E-state index is 0.341. The Kier molecular flexibility index (Phi) is 7.28. The molecule has 4 heteroatoms. The van der Waals surface area contributed by atoms with Crippen molar-refractivity contribution in [1.29, 1.82) is 0 Å². The van der Waals surface area contributed by atoms with Gasteiger partial charge in [-0.05, 0) is 30.2 Å². The molecule has 0 aliphatic rings. The molecule has 3 nitrogen and oxygen atoms in total. The third-order valence-electron chi connectivity index (χ3n) is 2.42. The smallest absolute Gasteiger partial charge is 0.0897 e. The number of nitrogens with one attached hydrogen (secondary N) is 1. The van der Waals surface area contributed by atoms with Gasteiger partial charge >= 0.3 is 0 Å². The summed E-state index contributed by atoms with van der Waals surface area (Å²) in [5.41, 5.74) is 1.06. The topological polar surface area (TPSA) is 41.5 Å². The summed E-state index contributed by atoms with van der Waals surface area (Å²) in [6.45, 7) is 6.59. The number of aliphatic hydroxyl groups excluding tert-OH is 1. The van der Waals surface area contributed by atoms with E-state index in [2.05, 4.69) is 19.2 Å². The van der Waals surface area contributed by atoms with Gasteiger partial charge in [-0.1, -0.05) is 37.6 Å². The Morgan fingerprint density at radius 1 is 1.22 bits per heavy atom. The monoisotopic (exact) mass is 271 g/mol. The maximum Gasteiger partial charge on any atom is 0.0897 e. The first-order valence-electron chi connectivity index (χ1n) is 6.29. The zero-order valence-electron chi connectivity index (χ0n) is 11.0. The van der Waals surface area contributed by atoms with E-state index in [1.165, 1.54) is 0 Å². The van der Waals surface area contributed by atoms with Crippen LogP contribution < -0.4 is 5.32 Å². The molecule has 0 aliphatic carbocycles. The summed E-state index contributed by atoms with van der Waals surface area (Å²) in [5.74, 6) is 0.590. The van der Waals surface area contributed by atoms with Crippen molar-refractivity contribution >= 4 is 11.6 Å². The van der Waals surface area contributed by atoms with Gasteiger partial charge in [-0.2, -0.15) is 0 Å². The van der Waals surface area contributed by atoms with E-state index in [-0.39, 0.29) is 0 Å². The van der Waals surface area contributed by atoms with Crippen molar-refractivity contribution in [3.63, 3.8) is 0 Å². The van der Waals surface area contributed by atoms with Crippen LogP contribution in [0.4, 0.5) is 0 Å². The van der Waals surface area contributed by atoms with Gasteiger partial charge in [0.1, 0.15) is 0 Å². The molecule has 0 radical (unpaired) electrons. The predicted molar refractivity (Wildman–Crippen MR) is 74.8 cm³/mol. The first-order valence-corrected chi connectivity index (χ1v) is 6.66. The lowest BCUT2D eigenvalue weighted by Crippen LogP contribution is -2.32. The fraction of sp³-hybridized carbons (Fsp3) is 0.571. The molecule has 0 aromatic heterocycles. The molecule has 0 bridgehead atoms. The van der Waals surface area contributed by atoms with E-state index < -0.39 is 6.10 Å². The van der Waals surface area contributed by atoms with Gasteiger partial charge in [0, 0.05) is 11.6 Å². The molecule has 1 aromatic carbocycles. The zero-order valence-corrected chi connectivity index (χ0v) is 11.8. The highest BCUT2D eigenvalue weighted by Gasteiger charge is 2.04. The van der Waals surface area contributed by atoms with Crippen LogP contribution in [0.15, 0.2) is 24.3 Å². The number of hydrogen-bond donors (Lipinski definition) is 2. The Hall–Kier alpha value is -0.610. The van der Waals surface area contributed by atoms with Crippen LogP contribution in [0.25, 0.3) is 0 Å². The van der Waals surface area contributed by atoms with Gasteiger partial charge in [-0.25, -0.2) is 0 Å². The fourth-order valence-electron chi connectivity index (χ4n) is 1.49. The Bertz CT molecular complexity index is 327. The lowest BCUT2D eigenvalue weighted by molar-refractivity contribution is 0.0286. The molecule has 18 heavy (non-hydrogen) atoms. The van der Waals surface area contributed by atoms with Crippen molar-refractivity contribution in [2.75, 3.05) is 19.7 Å². The van der Waals surface area contributed by atoms with E-state index in [1.807, 2.05) is 24.3 Å². The largest absolute Gasteiger partial charge is 0.389 e. The van der Waals surface area contributed by atoms with Gasteiger partial charge in [-0.3, -0.25) is 0 Å². The lowest BCUT2D eigenvalue weighted by Gasteiger charge is -2.13. The third kappa shape index (κ3) is 6.97. The Morgan fingerprint density at radius 2 is 1.89 bits per heavy atom. The Labute approximate surface area is 114 Å². The SMILES string of the molecule is CC(C)CNCC(O)COCc1ccc(Cl)cc1. The predicted octanol–water partition coefficient (Wildman–Crippen LogP) is 2.46. The maximum absolute atomic E-state index is 9.68. The van der Waals surface area contributed by atoms with Gasteiger partial charge in [0.2, 0.25) is 0 Å². The van der Waals surface area contributed by atoms with Crippen LogP contribution in [0.5, 0.6) is 0 Å². The number of rotatable bonds is 8. The van der Waals surface area contributed by atoms with Crippen molar-refractivity contribution in [3.8, 4) is 0 Å². The fourth-order valence-corrected chi connectivity index (χ4v) is 1.62. The first kappa shape index (κ1) is 15.4. The highest BCUT2D eigenvalue weighted by molar-refractivity contribution is 6.30. The molecule has 0 spiro atoms. The second-order valence-electron chi connectivity index (χ2n) is 4.85. The lowest BCUT2D eigenvalue weighted by atomic mass is 10.2. The van der Waals surface area contributed by atoms with E-state index >= 15 is 0 Å². The van der Waals surface area contributed by atoms with E-state index in [4.69, 9.17) is 16.3 Å². The number of halogens is 1. The quantitative estimate of drug-likeness (QED) is 0.763. The molecular weight excluding hydrogens is 250 g/mol. The number of aliphatic hydroxyl groups is 1. The summed E-state index contributed by atoms with van der Waals surface area (Å²) in [6, 6.07) is 7.51. The second kappa shape index (κ2) is 8.48. The highest BCUT2D eigenvalue weighted by Crippen LogP contribution is 2.10. The summed E-state index contributed by atoms with van der Waals surface area (Å²) in [5, 5.41) is 13.6. The average Bonchev–Trinajstić information content (AvgIpc) is 2.31. The minimum Gasteiger partial charge on any atom is -0.389 e. The second-order valence-corrected chi connectivity index (χ2v) is 5.28. The molecule has 0 fully saturated rings. The van der Waals surface area contributed by atoms with Crippen molar-refractivity contribution in [2.45, 2.75) is 26.6 Å². The van der Waals surface area contributed by atoms with Crippen LogP contribution in [0.3, 0.4) is 0 Å². The van der Waals surface area contributed by atoms with Crippen molar-refractivity contribution in [2.24, 2.45) is 5.92 Å². The van der Waals surface area contributed by atoms with Crippen LogP contribution in [-0.2, 0) is 11.3 Å². The van der Waals surface area contributed by atoms with E-state index in [9.17, 15) is 5.11 Å². The summed E-state index contributed by atoms with van der Waals surface area (Å²) in [7, 11) is 0. The van der Waals surface area contributed by atoms with Crippen molar-refractivity contribution in [1.82, 2.24) is 5.32 Å². The number of hydrogen-bond acceptors (Lipinski definition) is 3. The molecule has 0 amide bonds. The van der Waals surface area contributed by atoms with Gasteiger partial charge in [0.05, 0.1) is 19.3 Å². The molecule has 0 heterocycles. The van der Waals surface area contributed by atoms with Gasteiger partial charge < -0.3 is 15.2 Å². The summed E-state index contributed by atoms with van der Waals surface area (Å²) < 4.78 is 5.45. The molecule has 0 saturated heterocycles. The van der Waals surface area contributed by atoms with Crippen LogP contribution in [0.1, 0.15) is 19.4 Å². The summed E-state index contributed by atoms with van der Waals surface area (Å²) in [4.78, 5) is 0. The van der Waals surface area contributed by atoms with E-state index in [0.717, 1.165) is 17.1 Å². The minimum atomic E-state index is -0.462. The van der Waals surface area contributed by atoms with Crippen molar-refractivity contribution in [3.05, 3.63) is 34.9 Å². The van der Waals surface area contributed by atoms with Gasteiger partial charge in [0.25, 0.3) is 0 Å². The molecule has 0 aliphatic heterocycles. The summed E-state index contributed by atoms with van der Waals surface area (Å²) >= 11 is 5.79. The average molecular weight is 272 g/mol. The van der Waals surface area contributed by atoms with E-state index in [0.29, 0.717) is 25.7 Å². The molecule has 102 valence electrons. The van der Waals surface area contributed by atoms with Crippen LogP contribution in [0, 0.1) is 5.92 Å². The normalized spacial score (nSPS) is 12.9. The first-order chi connectivity index (χ1) is 8.58. The molecule has 1 rings (SSSR count). The molecule has 1 unspecified atom stereocenters. The highest BCUT2D eigenvalue weighted by atomic mass is 35.5. The maximum atomic E-state index is 9.68. The Morgan fingerprint density at radius 3 is 2.50 bits per heavy atom. The number of ether oxygens (including phenoxy) is 1. The number of benzene rings is 1.